The Labute approximate surface area is 56.1 Å². The Morgan fingerprint density at radius 1 is 1.75 bits per heavy atom. The van der Waals surface area contributed by atoms with Crippen LogP contribution in [0.1, 0.15) is 0 Å². The third-order valence-electron chi connectivity index (χ3n) is 0.331. The van der Waals surface area contributed by atoms with E-state index in [2.05, 4.69) is 10.6 Å². The molecule has 0 radical (unpaired) electrons. The summed E-state index contributed by atoms with van der Waals surface area (Å²) in [5.74, 6) is -1.26. The van der Waals surface area contributed by atoms with Crippen LogP contribution >= 0.6 is 0 Å². The highest BCUT2D eigenvalue weighted by molar-refractivity contribution is 5.75. The van der Waals surface area contributed by atoms with Gasteiger partial charge in [0, 0.05) is 0 Å². The van der Waals surface area contributed by atoms with Gasteiger partial charge in [0.05, 0.1) is 0 Å². The van der Waals surface area contributed by atoms with Crippen LogP contribution in [0, 0.1) is 0 Å². The van der Waals surface area contributed by atoms with E-state index in [1.807, 2.05) is 0 Å². The van der Waals surface area contributed by atoms with E-state index in [0.29, 0.717) is 0 Å². The molecule has 0 aromatic rings. The summed E-state index contributed by atoms with van der Waals surface area (Å²) in [6, 6.07) is 0. The van der Waals surface area contributed by atoms with Gasteiger partial charge in [0.1, 0.15) is 0 Å². The van der Waals surface area contributed by atoms with E-state index in [4.69, 9.17) is 10.4 Å². The fourth-order valence-electron chi connectivity index (χ4n) is 0.0540. The van der Waals surface area contributed by atoms with Crippen LogP contribution in [0.15, 0.2) is 0 Å². The Bertz CT molecular complexity index is 74.4. The molecule has 1 unspecified atom stereocenters. The van der Waals surface area contributed by atoms with Gasteiger partial charge in [-0.1, -0.05) is 0 Å². The van der Waals surface area contributed by atoms with Gasteiger partial charge in [0.15, 0.2) is 17.4 Å². The van der Waals surface area contributed by atoms with Crippen molar-refractivity contribution in [1.82, 2.24) is 0 Å². The number of carbonyl (C=O) groups excluding carboxylic acids is 1. The normalized spacial score (nSPS) is 11.4. The van der Waals surface area contributed by atoms with Gasteiger partial charge in [0.2, 0.25) is 6.23 Å². The largest absolute Gasteiger partial charge is 0.384 e. The maximum absolute atomic E-state index is 9.66. The third kappa shape index (κ3) is 4.05. The second-order valence-electron chi connectivity index (χ2n) is 0.855. The van der Waals surface area contributed by atoms with Gasteiger partial charge in [0.25, 0.3) is 0 Å². The molecule has 0 aromatic heterocycles. The average Bonchev–Trinajstić information content (AvgIpc) is 1.65. The van der Waals surface area contributed by atoms with Gasteiger partial charge in [-0.25, -0.2) is 4.79 Å². The zero-order valence-electron chi connectivity index (χ0n) is 3.37. The minimum atomic E-state index is -1.75. The van der Waals surface area contributed by atoms with Gasteiger partial charge in [-0.2, -0.15) is 5.26 Å². The summed E-state index contributed by atoms with van der Waals surface area (Å²) in [5, 5.41) is 15.4. The lowest BCUT2D eigenvalue weighted by Crippen LogP contribution is -2.30. The highest BCUT2D eigenvalue weighted by Crippen LogP contribution is 1.72. The molecule has 0 fully saturated rings. The lowest BCUT2D eigenvalue weighted by atomic mass is 10.6. The molecular weight excluding hydrogens is 129 g/mol. The van der Waals surface area contributed by atoms with E-state index in [1.165, 1.54) is 0 Å². The van der Waals surface area contributed by atoms with Gasteiger partial charge in [-0.15, -0.1) is 0 Å². The zero-order valence-corrected chi connectivity index (χ0v) is 3.37. The number of hydrogen-bond donors (Lipinski definition) is 3. The van der Waals surface area contributed by atoms with Crippen LogP contribution in [0.2, 0.25) is 0 Å². The van der Waals surface area contributed by atoms with Crippen molar-refractivity contribution in [3.63, 3.8) is 0 Å². The fraction of sp³-hybridized carbons (Fsp3) is 0.500. The van der Waals surface area contributed by atoms with Crippen molar-refractivity contribution in [1.29, 1.82) is 0 Å². The molecule has 48 valence electrons. The summed E-state index contributed by atoms with van der Waals surface area (Å²) in [6.45, 7) is 0. The lowest BCUT2D eigenvalue weighted by molar-refractivity contribution is -0.242. The van der Waals surface area contributed by atoms with Crippen LogP contribution in [-0.4, -0.2) is 39.9 Å². The number of carbonyl (C=O) groups is 1. The maximum atomic E-state index is 9.66. The number of nitrogens with two attached hydrogens (primary N) is 1. The third-order valence-corrected chi connectivity index (χ3v) is 0.331. The van der Waals surface area contributed by atoms with Crippen LogP contribution in [0.25, 0.3) is 0 Å². The minimum Gasteiger partial charge on any atom is -0.368 e. The van der Waals surface area contributed by atoms with Crippen molar-refractivity contribution in [3.05, 3.63) is 0 Å². The summed E-state index contributed by atoms with van der Waals surface area (Å²) in [4.78, 5) is 12.7. The number of aliphatic hydroxyl groups is 1. The van der Waals surface area contributed by atoms with Crippen LogP contribution in [0.5, 0.6) is 0 Å². The smallest absolute Gasteiger partial charge is 0.368 e. The Hall–Kier alpha value is -0.118. The van der Waals surface area contributed by atoms with Crippen LogP contribution in [0.4, 0.5) is 0 Å². The average molecular weight is 137 g/mol. The first kappa shape index (κ1) is 10.8. The lowest BCUT2D eigenvalue weighted by Gasteiger charge is -1.94. The highest BCUT2D eigenvalue weighted by atomic mass is 27.0. The zero-order chi connectivity index (χ0) is 5.86. The SMILES string of the molecule is NC(O)C(=O)OO.[AlH3]. The molecule has 6 heteroatoms. The van der Waals surface area contributed by atoms with Crippen LogP contribution in [-0.2, 0) is 9.68 Å². The molecule has 0 aromatic carbocycles. The highest BCUT2D eigenvalue weighted by Gasteiger charge is 2.08. The molecule has 0 spiro atoms. The number of hydrogen-bond acceptors (Lipinski definition) is 5. The molecule has 4 N–H and O–H groups in total. The van der Waals surface area contributed by atoms with Crippen molar-refractivity contribution >= 4 is 23.3 Å². The number of rotatable bonds is 1. The molecule has 1 atom stereocenters. The van der Waals surface area contributed by atoms with Crippen molar-refractivity contribution in [2.24, 2.45) is 5.73 Å². The Balaban J connectivity index is 0. The van der Waals surface area contributed by atoms with Gasteiger partial charge in [-0.05, 0) is 0 Å². The molecule has 0 saturated heterocycles. The minimum absolute atomic E-state index is 0. The van der Waals surface area contributed by atoms with Crippen molar-refractivity contribution in [3.8, 4) is 0 Å². The van der Waals surface area contributed by atoms with Gasteiger partial charge in [-0.3, -0.25) is 10.6 Å². The summed E-state index contributed by atoms with van der Waals surface area (Å²) in [7, 11) is 0. The van der Waals surface area contributed by atoms with E-state index >= 15 is 0 Å². The summed E-state index contributed by atoms with van der Waals surface area (Å²) in [6.07, 6.45) is -1.75. The molecule has 0 bridgehead atoms. The van der Waals surface area contributed by atoms with Crippen molar-refractivity contribution in [2.45, 2.75) is 6.23 Å². The first-order valence-corrected chi connectivity index (χ1v) is 1.47. The Morgan fingerprint density at radius 3 is 2.12 bits per heavy atom. The van der Waals surface area contributed by atoms with E-state index < -0.39 is 12.2 Å². The van der Waals surface area contributed by atoms with E-state index in [1.54, 1.807) is 0 Å². The summed E-state index contributed by atoms with van der Waals surface area (Å²) >= 11 is 0. The van der Waals surface area contributed by atoms with Crippen molar-refractivity contribution < 1.29 is 20.0 Å². The topological polar surface area (TPSA) is 92.8 Å². The number of aliphatic hydroxyl groups excluding tert-OH is 1. The molecule has 0 saturated carbocycles. The first-order chi connectivity index (χ1) is 3.18. The predicted octanol–water partition coefficient (Wildman–Crippen LogP) is -2.90. The van der Waals surface area contributed by atoms with Crippen LogP contribution < -0.4 is 5.73 Å². The molecule has 0 amide bonds. The summed E-state index contributed by atoms with van der Waals surface area (Å²) < 4.78 is 0. The molecule has 0 heterocycles. The van der Waals surface area contributed by atoms with Gasteiger partial charge < -0.3 is 5.11 Å². The molecule has 0 rings (SSSR count). The molecule has 5 nitrogen and oxygen atoms in total. The molecule has 8 heavy (non-hydrogen) atoms. The Kier molecular flexibility index (Phi) is 6.78. The monoisotopic (exact) mass is 137 g/mol. The second-order valence-corrected chi connectivity index (χ2v) is 0.855. The standard InChI is InChI=1S/C2H5NO4.Al.3H/c3-1(4)2(5)7-6;;;;/h1,4,6H,3H2;;;;. The molecule has 0 aliphatic carbocycles. The summed E-state index contributed by atoms with van der Waals surface area (Å²) in [5.41, 5.74) is 4.47. The molecule has 0 aliphatic heterocycles. The van der Waals surface area contributed by atoms with Crippen molar-refractivity contribution in [2.75, 3.05) is 0 Å². The fourth-order valence-corrected chi connectivity index (χ4v) is 0.0540. The first-order valence-electron chi connectivity index (χ1n) is 1.47. The molecular formula is C2H8AlNO4. The quantitative estimate of drug-likeness (QED) is 0.156. The van der Waals surface area contributed by atoms with E-state index in [9.17, 15) is 4.79 Å². The second kappa shape index (κ2) is 5.03. The van der Waals surface area contributed by atoms with Gasteiger partial charge >= 0.3 is 5.97 Å². The maximum Gasteiger partial charge on any atom is 0.384 e. The molecule has 0 aliphatic rings. The van der Waals surface area contributed by atoms with E-state index in [0.717, 1.165) is 0 Å². The van der Waals surface area contributed by atoms with E-state index in [-0.39, 0.29) is 17.4 Å². The van der Waals surface area contributed by atoms with Crippen LogP contribution in [0.3, 0.4) is 0 Å². The Morgan fingerprint density at radius 2 is 2.12 bits per heavy atom. The predicted molar refractivity (Wildman–Crippen MR) is 28.9 cm³/mol.